The molecule has 0 aliphatic carbocycles. The minimum absolute atomic E-state index is 0.0592. The second kappa shape index (κ2) is 5.42. The van der Waals surface area contributed by atoms with Gasteiger partial charge in [0.2, 0.25) is 0 Å². The van der Waals surface area contributed by atoms with Crippen LogP contribution in [-0.4, -0.2) is 17.9 Å². The summed E-state index contributed by atoms with van der Waals surface area (Å²) in [5.74, 6) is 0.787. The molecule has 0 saturated carbocycles. The molecule has 3 nitrogen and oxygen atoms in total. The first-order valence-corrected chi connectivity index (χ1v) is 6.62. The van der Waals surface area contributed by atoms with Gasteiger partial charge in [-0.05, 0) is 18.2 Å². The van der Waals surface area contributed by atoms with E-state index in [2.05, 4.69) is 20.9 Å². The monoisotopic (exact) mass is 311 g/mol. The number of thiazole rings is 1. The Labute approximate surface area is 112 Å². The summed E-state index contributed by atoms with van der Waals surface area (Å²) in [6.45, 7) is 0. The second-order valence-electron chi connectivity index (χ2n) is 3.42. The van der Waals surface area contributed by atoms with Gasteiger partial charge in [-0.3, -0.25) is 9.78 Å². The number of hydrogen-bond acceptors (Lipinski definition) is 4. The van der Waals surface area contributed by atoms with E-state index in [9.17, 15) is 4.79 Å². The Morgan fingerprint density at radius 1 is 1.53 bits per heavy atom. The van der Waals surface area contributed by atoms with E-state index in [1.165, 1.54) is 11.3 Å². The van der Waals surface area contributed by atoms with Gasteiger partial charge in [0, 0.05) is 22.7 Å². The largest absolute Gasteiger partial charge is 0.496 e. The molecule has 5 heteroatoms. The van der Waals surface area contributed by atoms with E-state index in [1.807, 2.05) is 18.2 Å². The van der Waals surface area contributed by atoms with Crippen molar-refractivity contribution in [1.29, 1.82) is 0 Å². The molecule has 0 unspecified atom stereocenters. The van der Waals surface area contributed by atoms with Crippen molar-refractivity contribution in [3.05, 3.63) is 44.8 Å². The number of nitrogens with zero attached hydrogens (tertiary/aromatic N) is 1. The Hall–Kier alpha value is -1.20. The van der Waals surface area contributed by atoms with Crippen molar-refractivity contribution < 1.29 is 9.53 Å². The molecule has 0 N–H and O–H groups in total. The SMILES string of the molecule is COc1ccc(Br)cc1CC(=O)c1cncs1. The van der Waals surface area contributed by atoms with Crippen molar-refractivity contribution in [3.8, 4) is 5.75 Å². The quantitative estimate of drug-likeness (QED) is 0.813. The van der Waals surface area contributed by atoms with Crippen LogP contribution in [0.5, 0.6) is 5.75 Å². The van der Waals surface area contributed by atoms with Gasteiger partial charge in [-0.2, -0.15) is 0 Å². The highest BCUT2D eigenvalue weighted by atomic mass is 79.9. The average molecular weight is 312 g/mol. The van der Waals surface area contributed by atoms with Crippen molar-refractivity contribution in [1.82, 2.24) is 4.98 Å². The molecule has 0 atom stereocenters. The number of carbonyl (C=O) groups is 1. The van der Waals surface area contributed by atoms with Gasteiger partial charge in [0.15, 0.2) is 5.78 Å². The number of carbonyl (C=O) groups excluding carboxylic acids is 1. The zero-order valence-corrected chi connectivity index (χ0v) is 11.5. The number of halogens is 1. The van der Waals surface area contributed by atoms with Crippen LogP contribution in [0.1, 0.15) is 15.2 Å². The lowest BCUT2D eigenvalue weighted by Crippen LogP contribution is -2.03. The van der Waals surface area contributed by atoms with Gasteiger partial charge < -0.3 is 4.74 Å². The maximum Gasteiger partial charge on any atom is 0.178 e. The minimum atomic E-state index is 0.0592. The van der Waals surface area contributed by atoms with Crippen molar-refractivity contribution in [2.45, 2.75) is 6.42 Å². The number of Topliss-reactive ketones (excluding diaryl/α,β-unsaturated/α-hetero) is 1. The Balaban J connectivity index is 2.23. The third-order valence-electron chi connectivity index (χ3n) is 2.30. The first-order valence-electron chi connectivity index (χ1n) is 4.95. The van der Waals surface area contributed by atoms with Crippen LogP contribution in [0.25, 0.3) is 0 Å². The van der Waals surface area contributed by atoms with E-state index in [-0.39, 0.29) is 5.78 Å². The van der Waals surface area contributed by atoms with Gasteiger partial charge in [0.05, 0.1) is 17.5 Å². The summed E-state index contributed by atoms with van der Waals surface area (Å²) in [5, 5.41) is 0. The number of ketones is 1. The highest BCUT2D eigenvalue weighted by Crippen LogP contribution is 2.24. The predicted molar refractivity (Wildman–Crippen MR) is 70.8 cm³/mol. The van der Waals surface area contributed by atoms with E-state index in [0.717, 1.165) is 15.8 Å². The number of hydrogen-bond donors (Lipinski definition) is 0. The summed E-state index contributed by atoms with van der Waals surface area (Å²) < 4.78 is 6.17. The smallest absolute Gasteiger partial charge is 0.178 e. The molecule has 1 heterocycles. The van der Waals surface area contributed by atoms with Crippen molar-refractivity contribution in [2.24, 2.45) is 0 Å². The molecule has 17 heavy (non-hydrogen) atoms. The fourth-order valence-corrected chi connectivity index (χ4v) is 2.47. The lowest BCUT2D eigenvalue weighted by molar-refractivity contribution is 0.0995. The molecule has 0 fully saturated rings. The van der Waals surface area contributed by atoms with E-state index >= 15 is 0 Å². The van der Waals surface area contributed by atoms with Gasteiger partial charge in [-0.25, -0.2) is 0 Å². The van der Waals surface area contributed by atoms with Crippen LogP contribution >= 0.6 is 27.3 Å². The van der Waals surface area contributed by atoms with Gasteiger partial charge in [-0.1, -0.05) is 15.9 Å². The summed E-state index contributed by atoms with van der Waals surface area (Å²) in [5.41, 5.74) is 2.53. The number of benzene rings is 1. The highest BCUT2D eigenvalue weighted by molar-refractivity contribution is 9.10. The van der Waals surface area contributed by atoms with Crippen LogP contribution in [0, 0.1) is 0 Å². The molecule has 1 aromatic carbocycles. The summed E-state index contributed by atoms with van der Waals surface area (Å²) in [4.78, 5) is 16.5. The third kappa shape index (κ3) is 2.92. The van der Waals surface area contributed by atoms with E-state index in [4.69, 9.17) is 4.74 Å². The zero-order chi connectivity index (χ0) is 12.3. The van der Waals surface area contributed by atoms with Gasteiger partial charge in [-0.15, -0.1) is 11.3 Å². The zero-order valence-electron chi connectivity index (χ0n) is 9.14. The lowest BCUT2D eigenvalue weighted by Gasteiger charge is -2.07. The van der Waals surface area contributed by atoms with Gasteiger partial charge >= 0.3 is 0 Å². The molecule has 0 amide bonds. The summed E-state index contributed by atoms with van der Waals surface area (Å²) >= 11 is 4.74. The summed E-state index contributed by atoms with van der Waals surface area (Å²) in [6.07, 6.45) is 1.92. The van der Waals surface area contributed by atoms with Crippen LogP contribution in [0.3, 0.4) is 0 Å². The van der Waals surface area contributed by atoms with Crippen LogP contribution in [0.4, 0.5) is 0 Å². The standard InChI is InChI=1S/C12H10BrNO2S/c1-16-11-3-2-9(13)4-8(11)5-10(15)12-6-14-7-17-12/h2-4,6-7H,5H2,1H3. The number of methoxy groups -OCH3 is 1. The van der Waals surface area contributed by atoms with E-state index in [0.29, 0.717) is 11.3 Å². The first-order chi connectivity index (χ1) is 8.20. The summed E-state index contributed by atoms with van der Waals surface area (Å²) in [6, 6.07) is 5.64. The molecule has 0 aliphatic heterocycles. The third-order valence-corrected chi connectivity index (χ3v) is 3.61. The van der Waals surface area contributed by atoms with E-state index < -0.39 is 0 Å². The van der Waals surface area contributed by atoms with Crippen molar-refractivity contribution in [3.63, 3.8) is 0 Å². The maximum absolute atomic E-state index is 12.0. The number of aromatic nitrogens is 1. The van der Waals surface area contributed by atoms with Gasteiger partial charge in [0.1, 0.15) is 5.75 Å². The normalized spacial score (nSPS) is 10.2. The lowest BCUT2D eigenvalue weighted by atomic mass is 10.1. The minimum Gasteiger partial charge on any atom is -0.496 e. The van der Waals surface area contributed by atoms with Crippen LogP contribution < -0.4 is 4.74 Å². The molecule has 0 radical (unpaired) electrons. The average Bonchev–Trinajstić information content (AvgIpc) is 2.83. The predicted octanol–water partition coefficient (Wildman–Crippen LogP) is 3.34. The first kappa shape index (κ1) is 12.3. The molecule has 0 saturated heterocycles. The Bertz CT molecular complexity index is 525. The topological polar surface area (TPSA) is 39.2 Å². The molecular weight excluding hydrogens is 302 g/mol. The van der Waals surface area contributed by atoms with E-state index in [1.54, 1.807) is 18.8 Å². The van der Waals surface area contributed by atoms with Crippen LogP contribution in [0.15, 0.2) is 34.4 Å². The number of rotatable bonds is 4. The second-order valence-corrected chi connectivity index (χ2v) is 5.22. The fourth-order valence-electron chi connectivity index (χ4n) is 1.50. The molecule has 1 aromatic heterocycles. The Morgan fingerprint density at radius 3 is 3.00 bits per heavy atom. The summed E-state index contributed by atoms with van der Waals surface area (Å²) in [7, 11) is 1.60. The maximum atomic E-state index is 12.0. The Morgan fingerprint density at radius 2 is 2.35 bits per heavy atom. The van der Waals surface area contributed by atoms with Crippen molar-refractivity contribution in [2.75, 3.05) is 7.11 Å². The molecular formula is C12H10BrNO2S. The molecule has 0 spiro atoms. The van der Waals surface area contributed by atoms with Crippen LogP contribution in [-0.2, 0) is 6.42 Å². The molecule has 0 aliphatic rings. The van der Waals surface area contributed by atoms with Gasteiger partial charge in [0.25, 0.3) is 0 Å². The molecule has 2 aromatic rings. The number of ether oxygens (including phenoxy) is 1. The van der Waals surface area contributed by atoms with Crippen molar-refractivity contribution >= 4 is 33.0 Å². The molecule has 88 valence electrons. The molecule has 0 bridgehead atoms. The Kier molecular flexibility index (Phi) is 3.91. The molecule has 2 rings (SSSR count). The highest BCUT2D eigenvalue weighted by Gasteiger charge is 2.12. The fraction of sp³-hybridized carbons (Fsp3) is 0.167. The van der Waals surface area contributed by atoms with Crippen LogP contribution in [0.2, 0.25) is 0 Å².